The lowest BCUT2D eigenvalue weighted by molar-refractivity contribution is 0.626. The summed E-state index contributed by atoms with van der Waals surface area (Å²) in [6.45, 7) is 5.33. The van der Waals surface area contributed by atoms with Gasteiger partial charge in [-0.2, -0.15) is 10.1 Å². The molecule has 4 heterocycles. The monoisotopic (exact) mass is 442 g/mol. The standard InChI is InChI=1S/C23H26N10/c1-17(18-6-4-3-5-7-18)19-12-24-22(25-13-19)32-8-10-33(11-9-32)23-27-16-26-21(30-23)29-20-14-28-31(2)15-20/h3-7,12-17H,8-11H2,1-2H3,(H,26,27,29,30). The van der Waals surface area contributed by atoms with Crippen molar-refractivity contribution in [2.75, 3.05) is 41.3 Å². The van der Waals surface area contributed by atoms with Gasteiger partial charge in [-0.15, -0.1) is 0 Å². The smallest absolute Gasteiger partial charge is 0.232 e. The minimum Gasteiger partial charge on any atom is -0.337 e. The van der Waals surface area contributed by atoms with Crippen molar-refractivity contribution in [1.82, 2.24) is 34.7 Å². The average molecular weight is 443 g/mol. The van der Waals surface area contributed by atoms with Crippen LogP contribution in [0.1, 0.15) is 24.0 Å². The van der Waals surface area contributed by atoms with Crippen LogP contribution in [0.25, 0.3) is 0 Å². The summed E-state index contributed by atoms with van der Waals surface area (Å²) in [4.78, 5) is 26.8. The van der Waals surface area contributed by atoms with Crippen molar-refractivity contribution in [1.29, 1.82) is 0 Å². The molecule has 0 saturated carbocycles. The molecule has 168 valence electrons. The molecular weight excluding hydrogens is 416 g/mol. The van der Waals surface area contributed by atoms with Gasteiger partial charge in [0.25, 0.3) is 0 Å². The molecule has 1 saturated heterocycles. The third-order valence-electron chi connectivity index (χ3n) is 5.82. The highest BCUT2D eigenvalue weighted by molar-refractivity contribution is 5.51. The van der Waals surface area contributed by atoms with Gasteiger partial charge in [0.2, 0.25) is 17.8 Å². The molecule has 0 radical (unpaired) electrons. The van der Waals surface area contributed by atoms with Crippen LogP contribution < -0.4 is 15.1 Å². The quantitative estimate of drug-likeness (QED) is 0.483. The molecule has 10 heteroatoms. The van der Waals surface area contributed by atoms with Gasteiger partial charge in [-0.25, -0.2) is 19.9 Å². The Bertz CT molecular complexity index is 1180. The van der Waals surface area contributed by atoms with Crippen molar-refractivity contribution < 1.29 is 0 Å². The van der Waals surface area contributed by atoms with Crippen LogP contribution in [0.5, 0.6) is 0 Å². The lowest BCUT2D eigenvalue weighted by Gasteiger charge is -2.34. The fraction of sp³-hybridized carbons (Fsp3) is 0.304. The van der Waals surface area contributed by atoms with Crippen molar-refractivity contribution >= 4 is 23.5 Å². The van der Waals surface area contributed by atoms with Gasteiger partial charge in [0.15, 0.2) is 0 Å². The van der Waals surface area contributed by atoms with E-state index in [1.165, 1.54) is 11.9 Å². The van der Waals surface area contributed by atoms with E-state index >= 15 is 0 Å². The summed E-state index contributed by atoms with van der Waals surface area (Å²) in [6, 6.07) is 10.4. The first-order valence-corrected chi connectivity index (χ1v) is 11.0. The summed E-state index contributed by atoms with van der Waals surface area (Å²) >= 11 is 0. The minimum absolute atomic E-state index is 0.260. The second kappa shape index (κ2) is 9.19. The third kappa shape index (κ3) is 4.74. The van der Waals surface area contributed by atoms with Crippen molar-refractivity contribution in [2.45, 2.75) is 12.8 Å². The largest absolute Gasteiger partial charge is 0.337 e. The summed E-state index contributed by atoms with van der Waals surface area (Å²) in [5.41, 5.74) is 3.21. The average Bonchev–Trinajstić information content (AvgIpc) is 3.29. The second-order valence-corrected chi connectivity index (χ2v) is 8.06. The second-order valence-electron chi connectivity index (χ2n) is 8.06. The molecule has 0 bridgehead atoms. The number of hydrogen-bond donors (Lipinski definition) is 1. The lowest BCUT2D eigenvalue weighted by atomic mass is 9.96. The Kier molecular flexibility index (Phi) is 5.79. The number of nitrogens with zero attached hydrogens (tertiary/aromatic N) is 9. The van der Waals surface area contributed by atoms with E-state index in [1.54, 1.807) is 10.9 Å². The van der Waals surface area contributed by atoms with E-state index in [-0.39, 0.29) is 5.92 Å². The number of aryl methyl sites for hydroxylation is 1. The SMILES string of the molecule is CC(c1ccccc1)c1cnc(N2CCN(c3ncnc(Nc4cnn(C)c4)n3)CC2)nc1. The van der Waals surface area contributed by atoms with Crippen LogP contribution in [0.2, 0.25) is 0 Å². The number of benzene rings is 1. The van der Waals surface area contributed by atoms with Gasteiger partial charge in [-0.1, -0.05) is 37.3 Å². The predicted molar refractivity (Wildman–Crippen MR) is 127 cm³/mol. The molecule has 1 aliphatic rings. The molecular formula is C23H26N10. The van der Waals surface area contributed by atoms with E-state index in [2.05, 4.69) is 76.3 Å². The Balaban J connectivity index is 1.20. The van der Waals surface area contributed by atoms with E-state index in [0.29, 0.717) is 11.9 Å². The molecule has 10 nitrogen and oxygen atoms in total. The van der Waals surface area contributed by atoms with E-state index in [9.17, 15) is 0 Å². The molecule has 5 rings (SSSR count). The Labute approximate surface area is 192 Å². The minimum atomic E-state index is 0.260. The first-order chi connectivity index (χ1) is 16.2. The molecule has 0 aliphatic carbocycles. The van der Waals surface area contributed by atoms with E-state index in [0.717, 1.165) is 43.4 Å². The highest BCUT2D eigenvalue weighted by Gasteiger charge is 2.21. The number of nitrogens with one attached hydrogen (secondary N) is 1. The Hall–Kier alpha value is -4.08. The maximum Gasteiger partial charge on any atom is 0.232 e. The zero-order valence-corrected chi connectivity index (χ0v) is 18.7. The highest BCUT2D eigenvalue weighted by atomic mass is 15.4. The summed E-state index contributed by atoms with van der Waals surface area (Å²) in [5.74, 6) is 2.18. The van der Waals surface area contributed by atoms with Crippen LogP contribution >= 0.6 is 0 Å². The van der Waals surface area contributed by atoms with Gasteiger partial charge in [-0.3, -0.25) is 4.68 Å². The number of rotatable bonds is 6. The summed E-state index contributed by atoms with van der Waals surface area (Å²) in [6.07, 6.45) is 9.01. The van der Waals surface area contributed by atoms with Gasteiger partial charge in [0, 0.05) is 57.7 Å². The molecule has 1 fully saturated rings. The van der Waals surface area contributed by atoms with Crippen LogP contribution in [-0.2, 0) is 7.05 Å². The van der Waals surface area contributed by atoms with Crippen molar-refractivity contribution in [3.8, 4) is 0 Å². The number of piperazine rings is 1. The summed E-state index contributed by atoms with van der Waals surface area (Å²) in [5, 5.41) is 7.31. The van der Waals surface area contributed by atoms with E-state index in [4.69, 9.17) is 0 Å². The summed E-state index contributed by atoms with van der Waals surface area (Å²) in [7, 11) is 1.87. The van der Waals surface area contributed by atoms with Gasteiger partial charge < -0.3 is 15.1 Å². The zero-order valence-electron chi connectivity index (χ0n) is 18.7. The van der Waals surface area contributed by atoms with Gasteiger partial charge in [-0.05, 0) is 11.1 Å². The Morgan fingerprint density at radius 1 is 0.818 bits per heavy atom. The van der Waals surface area contributed by atoms with Crippen molar-refractivity contribution in [3.05, 3.63) is 72.6 Å². The fourth-order valence-corrected chi connectivity index (χ4v) is 3.87. The molecule has 1 aliphatic heterocycles. The normalized spacial score (nSPS) is 14.8. The van der Waals surface area contributed by atoms with Crippen molar-refractivity contribution in [3.63, 3.8) is 0 Å². The lowest BCUT2D eigenvalue weighted by Crippen LogP contribution is -2.47. The molecule has 0 spiro atoms. The van der Waals surface area contributed by atoms with Crippen LogP contribution in [0.15, 0.2) is 61.4 Å². The highest BCUT2D eigenvalue weighted by Crippen LogP contribution is 2.24. The van der Waals surface area contributed by atoms with Gasteiger partial charge in [0.1, 0.15) is 6.33 Å². The fourth-order valence-electron chi connectivity index (χ4n) is 3.87. The maximum atomic E-state index is 4.65. The first-order valence-electron chi connectivity index (χ1n) is 11.0. The molecule has 1 N–H and O–H groups in total. The predicted octanol–water partition coefficient (Wildman–Crippen LogP) is 2.62. The first kappa shape index (κ1) is 20.8. The molecule has 1 aromatic carbocycles. The Morgan fingerprint density at radius 2 is 1.52 bits per heavy atom. The topological polar surface area (TPSA) is 101 Å². The van der Waals surface area contributed by atoms with Gasteiger partial charge >= 0.3 is 0 Å². The number of hydrogen-bond acceptors (Lipinski definition) is 9. The Morgan fingerprint density at radius 3 is 2.18 bits per heavy atom. The number of aromatic nitrogens is 7. The van der Waals surface area contributed by atoms with E-state index < -0.39 is 0 Å². The molecule has 4 aromatic rings. The molecule has 1 unspecified atom stereocenters. The number of anilines is 4. The van der Waals surface area contributed by atoms with Crippen LogP contribution in [0, 0.1) is 0 Å². The molecule has 1 atom stereocenters. The van der Waals surface area contributed by atoms with Crippen LogP contribution in [0.4, 0.5) is 23.5 Å². The van der Waals surface area contributed by atoms with Crippen LogP contribution in [0.3, 0.4) is 0 Å². The van der Waals surface area contributed by atoms with Crippen molar-refractivity contribution in [2.24, 2.45) is 7.05 Å². The maximum absolute atomic E-state index is 4.65. The molecule has 0 amide bonds. The third-order valence-corrected chi connectivity index (χ3v) is 5.82. The van der Waals surface area contributed by atoms with Gasteiger partial charge in [0.05, 0.1) is 11.9 Å². The molecule has 33 heavy (non-hydrogen) atoms. The molecule has 3 aromatic heterocycles. The summed E-state index contributed by atoms with van der Waals surface area (Å²) < 4.78 is 1.72. The van der Waals surface area contributed by atoms with E-state index in [1.807, 2.05) is 31.7 Å². The zero-order chi connectivity index (χ0) is 22.6. The van der Waals surface area contributed by atoms with Crippen LogP contribution in [-0.4, -0.2) is 60.9 Å².